The summed E-state index contributed by atoms with van der Waals surface area (Å²) in [6.45, 7) is 8.46. The van der Waals surface area contributed by atoms with Crippen LogP contribution in [0, 0.1) is 13.8 Å². The molecule has 46 heavy (non-hydrogen) atoms. The minimum atomic E-state index is 0.893. The summed E-state index contributed by atoms with van der Waals surface area (Å²) in [5.41, 5.74) is 11.4. The fraction of sp³-hybridized carbons (Fsp3) is 0.0909. The van der Waals surface area contributed by atoms with E-state index in [2.05, 4.69) is 134 Å². The zero-order valence-corrected chi connectivity index (χ0v) is 26.8. The Labute approximate surface area is 271 Å². The zero-order chi connectivity index (χ0) is 31.6. The Bertz CT molecular complexity index is 2280. The molecule has 0 saturated carbocycles. The molecular weight excluding hydrogens is 556 g/mol. The van der Waals surface area contributed by atoms with E-state index in [9.17, 15) is 0 Å². The number of aromatic nitrogens is 2. The third-order valence-corrected chi connectivity index (χ3v) is 8.80. The van der Waals surface area contributed by atoms with Crippen LogP contribution in [0.1, 0.15) is 25.0 Å². The Morgan fingerprint density at radius 1 is 0.348 bits per heavy atom. The smallest absolute Gasteiger partial charge is 0.0965 e. The van der Waals surface area contributed by atoms with Gasteiger partial charge in [0.15, 0.2) is 0 Å². The van der Waals surface area contributed by atoms with Crippen molar-refractivity contribution >= 4 is 32.3 Å². The van der Waals surface area contributed by atoms with Gasteiger partial charge in [0, 0.05) is 23.5 Å². The summed E-state index contributed by atoms with van der Waals surface area (Å²) in [5.74, 6) is 0. The van der Waals surface area contributed by atoms with Crippen LogP contribution >= 0.6 is 0 Å². The van der Waals surface area contributed by atoms with Gasteiger partial charge in [0.05, 0.1) is 11.4 Å². The van der Waals surface area contributed by atoms with Gasteiger partial charge < -0.3 is 0 Å². The van der Waals surface area contributed by atoms with E-state index in [1.807, 2.05) is 32.0 Å². The number of hydrogen-bond donors (Lipinski definition) is 0. The molecule has 0 radical (unpaired) electrons. The molecule has 0 saturated heterocycles. The molecule has 0 N–H and O–H groups in total. The first kappa shape index (κ1) is 29.1. The lowest BCUT2D eigenvalue weighted by atomic mass is 9.88. The molecule has 1 aromatic heterocycles. The molecule has 7 aromatic carbocycles. The first-order valence-corrected chi connectivity index (χ1v) is 16.1. The minimum absolute atomic E-state index is 0.893. The molecular formula is C44H36N2. The molecule has 0 aliphatic rings. The highest BCUT2D eigenvalue weighted by molar-refractivity contribution is 6.25. The summed E-state index contributed by atoms with van der Waals surface area (Å²) in [6, 6.07) is 48.1. The first-order chi connectivity index (χ1) is 22.7. The van der Waals surface area contributed by atoms with Crippen molar-refractivity contribution in [3.63, 3.8) is 0 Å². The minimum Gasteiger partial charge on any atom is -0.252 e. The van der Waals surface area contributed by atoms with Crippen LogP contribution in [0.3, 0.4) is 0 Å². The molecule has 0 fully saturated rings. The SMILES string of the molecule is CC.Cc1cc(-c2ccc(-c3nccnc3-c3ccccc3)cc2)cc(C)c1-c1ccc2c3ccccc3c3ccccc3c2c1. The maximum absolute atomic E-state index is 4.70. The fourth-order valence-electron chi connectivity index (χ4n) is 6.83. The summed E-state index contributed by atoms with van der Waals surface area (Å²) in [5, 5.41) is 7.81. The van der Waals surface area contributed by atoms with Gasteiger partial charge >= 0.3 is 0 Å². The van der Waals surface area contributed by atoms with Crippen molar-refractivity contribution in [2.45, 2.75) is 27.7 Å². The molecule has 8 aromatic rings. The molecule has 2 heteroatoms. The number of aryl methyl sites for hydroxylation is 2. The van der Waals surface area contributed by atoms with Crippen LogP contribution in [0.4, 0.5) is 0 Å². The topological polar surface area (TPSA) is 25.8 Å². The van der Waals surface area contributed by atoms with E-state index in [-0.39, 0.29) is 0 Å². The number of nitrogens with zero attached hydrogens (tertiary/aromatic N) is 2. The van der Waals surface area contributed by atoms with E-state index in [0.717, 1.165) is 22.5 Å². The van der Waals surface area contributed by atoms with E-state index in [1.54, 1.807) is 12.4 Å². The third-order valence-electron chi connectivity index (χ3n) is 8.80. The van der Waals surface area contributed by atoms with Crippen molar-refractivity contribution in [3.8, 4) is 44.8 Å². The molecule has 0 aliphatic carbocycles. The lowest BCUT2D eigenvalue weighted by Crippen LogP contribution is -1.93. The van der Waals surface area contributed by atoms with Gasteiger partial charge in [-0.15, -0.1) is 0 Å². The average molecular weight is 593 g/mol. The van der Waals surface area contributed by atoms with Gasteiger partial charge in [0.2, 0.25) is 0 Å². The molecule has 2 nitrogen and oxygen atoms in total. The number of fused-ring (bicyclic) bond motifs is 6. The monoisotopic (exact) mass is 592 g/mol. The highest BCUT2D eigenvalue weighted by atomic mass is 14.8. The molecule has 0 bridgehead atoms. The number of hydrogen-bond acceptors (Lipinski definition) is 2. The average Bonchev–Trinajstić information content (AvgIpc) is 3.13. The van der Waals surface area contributed by atoms with Crippen molar-refractivity contribution in [2.24, 2.45) is 0 Å². The molecule has 222 valence electrons. The highest BCUT2D eigenvalue weighted by Crippen LogP contribution is 2.39. The van der Waals surface area contributed by atoms with Gasteiger partial charge in [0.1, 0.15) is 0 Å². The van der Waals surface area contributed by atoms with Crippen LogP contribution in [-0.2, 0) is 0 Å². The molecule has 0 amide bonds. The molecule has 0 unspecified atom stereocenters. The van der Waals surface area contributed by atoms with Crippen LogP contribution in [0.2, 0.25) is 0 Å². The van der Waals surface area contributed by atoms with Crippen LogP contribution in [0.25, 0.3) is 77.1 Å². The van der Waals surface area contributed by atoms with Gasteiger partial charge in [-0.1, -0.05) is 141 Å². The van der Waals surface area contributed by atoms with E-state index in [0.29, 0.717) is 0 Å². The Hall–Kier alpha value is -5.60. The lowest BCUT2D eigenvalue weighted by molar-refractivity contribution is 1.21. The van der Waals surface area contributed by atoms with Gasteiger partial charge in [-0.25, -0.2) is 0 Å². The van der Waals surface area contributed by atoms with Gasteiger partial charge in [-0.3, -0.25) is 9.97 Å². The van der Waals surface area contributed by atoms with Crippen LogP contribution in [-0.4, -0.2) is 9.97 Å². The van der Waals surface area contributed by atoms with Crippen molar-refractivity contribution in [2.75, 3.05) is 0 Å². The predicted molar refractivity (Wildman–Crippen MR) is 197 cm³/mol. The first-order valence-electron chi connectivity index (χ1n) is 16.1. The second-order valence-corrected chi connectivity index (χ2v) is 11.5. The summed E-state index contributed by atoms with van der Waals surface area (Å²) < 4.78 is 0. The Balaban J connectivity index is 0.00000166. The van der Waals surface area contributed by atoms with E-state index in [1.165, 1.54) is 65.7 Å². The van der Waals surface area contributed by atoms with Crippen LogP contribution in [0.15, 0.2) is 146 Å². The zero-order valence-electron chi connectivity index (χ0n) is 26.8. The molecule has 0 spiro atoms. The van der Waals surface area contributed by atoms with Crippen LogP contribution < -0.4 is 0 Å². The summed E-state index contributed by atoms with van der Waals surface area (Å²) >= 11 is 0. The lowest BCUT2D eigenvalue weighted by Gasteiger charge is -2.16. The standard InChI is InChI=1S/C42H30N2.C2H6/c1-27-24-33(29-16-18-31(19-17-29)42-41(43-22-23-44-42)30-10-4-3-5-11-30)25-28(2)40(27)32-20-21-38-36-14-7-6-12-34(36)35-13-8-9-15-37(35)39(38)26-32;1-2/h3-26H,1-2H3;1-2H3. The van der Waals surface area contributed by atoms with E-state index < -0.39 is 0 Å². The number of benzene rings is 7. The quantitative estimate of drug-likeness (QED) is 0.190. The Morgan fingerprint density at radius 3 is 1.30 bits per heavy atom. The molecule has 0 aliphatic heterocycles. The molecule has 1 heterocycles. The van der Waals surface area contributed by atoms with Gasteiger partial charge in [0.25, 0.3) is 0 Å². The summed E-state index contributed by atoms with van der Waals surface area (Å²) in [4.78, 5) is 9.35. The maximum Gasteiger partial charge on any atom is 0.0965 e. The Morgan fingerprint density at radius 2 is 0.761 bits per heavy atom. The van der Waals surface area contributed by atoms with E-state index in [4.69, 9.17) is 4.98 Å². The van der Waals surface area contributed by atoms with Crippen LogP contribution in [0.5, 0.6) is 0 Å². The summed E-state index contributed by atoms with van der Waals surface area (Å²) in [6.07, 6.45) is 3.52. The van der Waals surface area contributed by atoms with Crippen molar-refractivity contribution < 1.29 is 0 Å². The second kappa shape index (κ2) is 12.4. The normalized spacial score (nSPS) is 11.0. The second-order valence-electron chi connectivity index (χ2n) is 11.5. The predicted octanol–water partition coefficient (Wildman–Crippen LogP) is 12.2. The van der Waals surface area contributed by atoms with E-state index >= 15 is 0 Å². The largest absolute Gasteiger partial charge is 0.252 e. The third kappa shape index (κ3) is 5.12. The molecule has 0 atom stereocenters. The highest BCUT2D eigenvalue weighted by Gasteiger charge is 2.14. The molecule has 8 rings (SSSR count). The van der Waals surface area contributed by atoms with Crippen molar-refractivity contribution in [1.82, 2.24) is 9.97 Å². The summed E-state index contributed by atoms with van der Waals surface area (Å²) in [7, 11) is 0. The van der Waals surface area contributed by atoms with Gasteiger partial charge in [-0.05, 0) is 85.6 Å². The fourth-order valence-corrected chi connectivity index (χ4v) is 6.83. The number of rotatable bonds is 4. The maximum atomic E-state index is 4.70. The van der Waals surface area contributed by atoms with Crippen molar-refractivity contribution in [1.29, 1.82) is 0 Å². The Kier molecular flexibility index (Phi) is 7.86. The van der Waals surface area contributed by atoms with Gasteiger partial charge in [-0.2, -0.15) is 0 Å². The van der Waals surface area contributed by atoms with Crippen molar-refractivity contribution in [3.05, 3.63) is 157 Å².